The molecule has 0 aliphatic rings. The standard InChI is InChI=1S/C14H17ClS/c1-14(2,3)10-9-13(16-11-15)12-7-5-4-6-8-12/h4-8,13H,11H2,1-3H3. The van der Waals surface area contributed by atoms with Crippen LogP contribution in [0.25, 0.3) is 0 Å². The van der Waals surface area contributed by atoms with Crippen molar-refractivity contribution in [2.75, 3.05) is 5.21 Å². The van der Waals surface area contributed by atoms with Crippen molar-refractivity contribution in [3.8, 4) is 11.8 Å². The van der Waals surface area contributed by atoms with Gasteiger partial charge in [-0.1, -0.05) is 42.2 Å². The number of hydrogen-bond acceptors (Lipinski definition) is 1. The van der Waals surface area contributed by atoms with Crippen LogP contribution in [0.4, 0.5) is 0 Å². The molecular formula is C14H17ClS. The summed E-state index contributed by atoms with van der Waals surface area (Å²) in [4.78, 5) is 0. The van der Waals surface area contributed by atoms with E-state index in [1.54, 1.807) is 11.8 Å². The van der Waals surface area contributed by atoms with E-state index in [1.807, 2.05) is 18.2 Å². The summed E-state index contributed by atoms with van der Waals surface area (Å²) < 4.78 is 0. The highest BCUT2D eigenvalue weighted by Crippen LogP contribution is 2.29. The molecule has 0 saturated carbocycles. The van der Waals surface area contributed by atoms with Crippen LogP contribution in [-0.4, -0.2) is 5.21 Å². The van der Waals surface area contributed by atoms with Crippen LogP contribution < -0.4 is 0 Å². The van der Waals surface area contributed by atoms with Gasteiger partial charge in [0.05, 0.1) is 10.5 Å². The van der Waals surface area contributed by atoms with Gasteiger partial charge < -0.3 is 0 Å². The number of alkyl halides is 1. The van der Waals surface area contributed by atoms with Crippen LogP contribution in [0.1, 0.15) is 31.6 Å². The van der Waals surface area contributed by atoms with E-state index in [0.29, 0.717) is 5.21 Å². The van der Waals surface area contributed by atoms with Gasteiger partial charge in [0.2, 0.25) is 0 Å². The minimum absolute atomic E-state index is 0.0416. The Morgan fingerprint density at radius 2 is 1.88 bits per heavy atom. The Labute approximate surface area is 108 Å². The van der Waals surface area contributed by atoms with E-state index in [0.717, 1.165) is 0 Å². The van der Waals surface area contributed by atoms with E-state index in [4.69, 9.17) is 11.6 Å². The molecule has 0 fully saturated rings. The van der Waals surface area contributed by atoms with Gasteiger partial charge in [0.15, 0.2) is 0 Å². The molecule has 0 amide bonds. The third kappa shape index (κ3) is 4.96. The first-order valence-corrected chi connectivity index (χ1v) is 6.86. The lowest BCUT2D eigenvalue weighted by atomic mass is 9.97. The van der Waals surface area contributed by atoms with Gasteiger partial charge in [-0.25, -0.2) is 0 Å². The van der Waals surface area contributed by atoms with Crippen molar-refractivity contribution in [1.29, 1.82) is 0 Å². The first-order chi connectivity index (χ1) is 7.53. The smallest absolute Gasteiger partial charge is 0.0918 e. The summed E-state index contributed by atoms with van der Waals surface area (Å²) in [6.07, 6.45) is 0. The molecule has 16 heavy (non-hydrogen) atoms. The lowest BCUT2D eigenvalue weighted by Gasteiger charge is -2.11. The largest absolute Gasteiger partial charge is 0.124 e. The van der Waals surface area contributed by atoms with Gasteiger partial charge in [0.25, 0.3) is 0 Å². The molecule has 0 saturated heterocycles. The van der Waals surface area contributed by atoms with Crippen molar-refractivity contribution in [1.82, 2.24) is 0 Å². The summed E-state index contributed by atoms with van der Waals surface area (Å²) in [7, 11) is 0. The second kappa shape index (κ2) is 6.23. The van der Waals surface area contributed by atoms with Crippen LogP contribution in [0.15, 0.2) is 30.3 Å². The monoisotopic (exact) mass is 252 g/mol. The molecule has 1 aromatic rings. The first kappa shape index (κ1) is 13.5. The van der Waals surface area contributed by atoms with Crippen molar-refractivity contribution in [3.63, 3.8) is 0 Å². The van der Waals surface area contributed by atoms with Crippen LogP contribution >= 0.6 is 23.4 Å². The molecule has 0 nitrogen and oxygen atoms in total. The Morgan fingerprint density at radius 1 is 1.25 bits per heavy atom. The van der Waals surface area contributed by atoms with Crippen LogP contribution in [0.3, 0.4) is 0 Å². The Morgan fingerprint density at radius 3 is 2.38 bits per heavy atom. The van der Waals surface area contributed by atoms with Gasteiger partial charge in [0.1, 0.15) is 0 Å². The van der Waals surface area contributed by atoms with Crippen LogP contribution in [-0.2, 0) is 0 Å². The Balaban J connectivity index is 2.87. The average Bonchev–Trinajstić information content (AvgIpc) is 2.24. The van der Waals surface area contributed by atoms with Gasteiger partial charge in [0, 0.05) is 5.41 Å². The highest BCUT2D eigenvalue weighted by atomic mass is 35.5. The molecule has 2 heteroatoms. The SMILES string of the molecule is CC(C)(C)C#CC(SCCl)c1ccccc1. The molecule has 0 bridgehead atoms. The van der Waals surface area contributed by atoms with Crippen molar-refractivity contribution >= 4 is 23.4 Å². The van der Waals surface area contributed by atoms with Gasteiger partial charge in [-0.15, -0.1) is 23.4 Å². The predicted octanol–water partition coefficient (Wildman–Crippen LogP) is 4.71. The molecule has 0 aliphatic heterocycles. The summed E-state index contributed by atoms with van der Waals surface area (Å²) >= 11 is 7.45. The predicted molar refractivity (Wildman–Crippen MR) is 74.7 cm³/mol. The van der Waals surface area contributed by atoms with Gasteiger partial charge >= 0.3 is 0 Å². The Hall–Kier alpha value is -0.580. The number of rotatable bonds is 3. The van der Waals surface area contributed by atoms with Gasteiger partial charge in [-0.05, 0) is 26.3 Å². The third-order valence-electron chi connectivity index (χ3n) is 1.91. The van der Waals surface area contributed by atoms with E-state index in [9.17, 15) is 0 Å². The van der Waals surface area contributed by atoms with E-state index in [2.05, 4.69) is 44.7 Å². The van der Waals surface area contributed by atoms with Crippen LogP contribution in [0.2, 0.25) is 0 Å². The average molecular weight is 253 g/mol. The Kier molecular flexibility index (Phi) is 5.25. The summed E-state index contributed by atoms with van der Waals surface area (Å²) in [5.74, 6) is 6.58. The fraction of sp³-hybridized carbons (Fsp3) is 0.429. The number of halogens is 1. The highest BCUT2D eigenvalue weighted by molar-refractivity contribution is 8.00. The van der Waals surface area contributed by atoms with Crippen molar-refractivity contribution < 1.29 is 0 Å². The van der Waals surface area contributed by atoms with E-state index < -0.39 is 0 Å². The summed E-state index contributed by atoms with van der Waals surface area (Å²) in [6, 6.07) is 10.3. The fourth-order valence-electron chi connectivity index (χ4n) is 1.19. The van der Waals surface area contributed by atoms with Crippen molar-refractivity contribution in [2.45, 2.75) is 26.0 Å². The molecule has 0 aromatic heterocycles. The molecule has 0 N–H and O–H groups in total. The molecule has 1 atom stereocenters. The molecule has 0 radical (unpaired) electrons. The zero-order valence-corrected chi connectivity index (χ0v) is 11.5. The minimum atomic E-state index is 0.0416. The number of hydrogen-bond donors (Lipinski definition) is 0. The van der Waals surface area contributed by atoms with Gasteiger partial charge in [-0.2, -0.15) is 0 Å². The minimum Gasteiger partial charge on any atom is -0.124 e. The van der Waals surface area contributed by atoms with Gasteiger partial charge in [-0.3, -0.25) is 0 Å². The van der Waals surface area contributed by atoms with E-state index in [1.165, 1.54) is 5.56 Å². The normalized spacial score (nSPS) is 12.8. The zero-order valence-electron chi connectivity index (χ0n) is 9.96. The molecule has 1 unspecified atom stereocenters. The van der Waals surface area contributed by atoms with Crippen molar-refractivity contribution in [3.05, 3.63) is 35.9 Å². The molecule has 1 rings (SSSR count). The summed E-state index contributed by atoms with van der Waals surface area (Å²) in [6.45, 7) is 6.36. The lowest BCUT2D eigenvalue weighted by Crippen LogP contribution is -2.01. The topological polar surface area (TPSA) is 0 Å². The van der Waals surface area contributed by atoms with Crippen LogP contribution in [0, 0.1) is 17.3 Å². The third-order valence-corrected chi connectivity index (χ3v) is 3.14. The summed E-state index contributed by atoms with van der Waals surface area (Å²) in [5.41, 5.74) is 1.27. The number of benzene rings is 1. The van der Waals surface area contributed by atoms with Crippen molar-refractivity contribution in [2.24, 2.45) is 5.41 Å². The second-order valence-electron chi connectivity index (χ2n) is 4.59. The maximum atomic E-state index is 5.79. The highest BCUT2D eigenvalue weighted by Gasteiger charge is 2.09. The molecule has 0 spiro atoms. The fourth-order valence-corrected chi connectivity index (χ4v) is 2.19. The lowest BCUT2D eigenvalue weighted by molar-refractivity contribution is 0.570. The maximum Gasteiger partial charge on any atom is 0.0918 e. The van der Waals surface area contributed by atoms with E-state index in [-0.39, 0.29) is 10.7 Å². The van der Waals surface area contributed by atoms with Crippen LogP contribution in [0.5, 0.6) is 0 Å². The Bertz CT molecular complexity index is 367. The molecular weight excluding hydrogens is 236 g/mol. The zero-order chi connectivity index (χ0) is 12.0. The molecule has 0 aliphatic carbocycles. The van der Waals surface area contributed by atoms with E-state index >= 15 is 0 Å². The first-order valence-electron chi connectivity index (χ1n) is 5.28. The second-order valence-corrected chi connectivity index (χ2v) is 6.26. The molecule has 86 valence electrons. The number of thioether (sulfide) groups is 1. The molecule has 1 aromatic carbocycles. The molecule has 0 heterocycles. The summed E-state index contributed by atoms with van der Waals surface area (Å²) in [5, 5.41) is 0.746. The maximum absolute atomic E-state index is 5.79. The quantitative estimate of drug-likeness (QED) is 0.555.